The van der Waals surface area contributed by atoms with Gasteiger partial charge in [0, 0.05) is 35.7 Å². The van der Waals surface area contributed by atoms with Gasteiger partial charge in [-0.15, -0.1) is 10.2 Å². The quantitative estimate of drug-likeness (QED) is 0.359. The van der Waals surface area contributed by atoms with E-state index in [1.807, 2.05) is 0 Å². The van der Waals surface area contributed by atoms with Gasteiger partial charge in [0.25, 0.3) is 11.5 Å². The van der Waals surface area contributed by atoms with E-state index in [1.165, 1.54) is 33.1 Å². The molecule has 3 rings (SSSR count). The number of amides is 2. The van der Waals surface area contributed by atoms with Crippen LogP contribution in [0.25, 0.3) is 0 Å². The highest BCUT2D eigenvalue weighted by atomic mass is 19.1. The Morgan fingerprint density at radius 1 is 1.18 bits per heavy atom. The Labute approximate surface area is 224 Å². The number of rotatable bonds is 10. The third-order valence-corrected chi connectivity index (χ3v) is 4.95. The number of nitrogens with one attached hydrogen (secondary N) is 2. The van der Waals surface area contributed by atoms with Gasteiger partial charge in [0.05, 0.1) is 18.6 Å². The van der Waals surface area contributed by atoms with E-state index in [1.54, 1.807) is 0 Å². The summed E-state index contributed by atoms with van der Waals surface area (Å²) < 4.78 is 74.2. The monoisotopic (exact) mass is 536 g/mol. The lowest BCUT2D eigenvalue weighted by Crippen LogP contribution is -2.46. The summed E-state index contributed by atoms with van der Waals surface area (Å²) in [7, 11) is 1.30. The zero-order valence-corrected chi connectivity index (χ0v) is 20.5. The van der Waals surface area contributed by atoms with Gasteiger partial charge in [-0.3, -0.25) is 23.7 Å². The molecule has 14 heteroatoms. The van der Waals surface area contributed by atoms with E-state index in [2.05, 4.69) is 25.8 Å². The molecule has 0 saturated heterocycles. The number of aryl methyl sites for hydroxylation is 1. The minimum absolute atomic E-state index is 0.123. The van der Waals surface area contributed by atoms with Crippen LogP contribution in [-0.4, -0.2) is 51.2 Å². The van der Waals surface area contributed by atoms with Gasteiger partial charge in [-0.1, -0.05) is 12.1 Å². The molecule has 38 heavy (non-hydrogen) atoms. The average Bonchev–Trinajstić information content (AvgIpc) is 3.43. The molecular formula is C24H27FN6O7. The van der Waals surface area contributed by atoms with Gasteiger partial charge in [0.15, 0.2) is 5.69 Å². The summed E-state index contributed by atoms with van der Waals surface area (Å²) in [5, 5.41) is 11.4. The van der Waals surface area contributed by atoms with Crippen LogP contribution in [-0.2, 0) is 28.6 Å². The molecule has 1 aromatic carbocycles. The molecule has 2 aromatic heterocycles. The second kappa shape index (κ2) is 11.7. The second-order valence-corrected chi connectivity index (χ2v) is 8.27. The number of esters is 1. The summed E-state index contributed by atoms with van der Waals surface area (Å²) in [4.78, 5) is 56.3. The van der Waals surface area contributed by atoms with Gasteiger partial charge in [0.1, 0.15) is 11.6 Å². The first kappa shape index (κ1) is 20.6. The first-order chi connectivity index (χ1) is 20.3. The number of nitrogens with zero attached hydrogens (tertiary/aromatic N) is 4. The smallest absolute Gasteiger partial charge is 0.313 e. The summed E-state index contributed by atoms with van der Waals surface area (Å²) in [6.07, 6.45) is -0.369. The fourth-order valence-corrected chi connectivity index (χ4v) is 3.10. The van der Waals surface area contributed by atoms with Crippen molar-refractivity contribution >= 4 is 17.8 Å². The number of halogens is 1. The lowest BCUT2D eigenvalue weighted by atomic mass is 10.0. The van der Waals surface area contributed by atoms with Gasteiger partial charge in [0.2, 0.25) is 11.6 Å². The maximum Gasteiger partial charge on any atom is 0.313 e. The lowest BCUT2D eigenvalue weighted by Gasteiger charge is -2.27. The molecule has 0 aliphatic carbocycles. The number of benzene rings is 1. The van der Waals surface area contributed by atoms with Gasteiger partial charge in [-0.25, -0.2) is 9.37 Å². The molecule has 0 unspecified atom stereocenters. The maximum atomic E-state index is 13.6. The Morgan fingerprint density at radius 3 is 2.55 bits per heavy atom. The Kier molecular flexibility index (Phi) is 6.35. The summed E-state index contributed by atoms with van der Waals surface area (Å²) in [6, 6.07) is 5.04. The molecule has 2 amide bonds. The molecule has 0 bridgehead atoms. The van der Waals surface area contributed by atoms with Crippen LogP contribution >= 0.6 is 0 Å². The predicted octanol–water partition coefficient (Wildman–Crippen LogP) is 1.15. The van der Waals surface area contributed by atoms with Crippen molar-refractivity contribution in [3.05, 3.63) is 69.3 Å². The van der Waals surface area contributed by atoms with Crippen molar-refractivity contribution in [3.8, 4) is 5.75 Å². The van der Waals surface area contributed by atoms with Crippen LogP contribution in [0.2, 0.25) is 0 Å². The minimum Gasteiger partial charge on any atom is -0.418 e. The van der Waals surface area contributed by atoms with E-state index in [9.17, 15) is 23.6 Å². The first-order valence-electron chi connectivity index (χ1n) is 13.9. The molecule has 0 spiro atoms. The normalized spacial score (nSPS) is 14.2. The fourth-order valence-electron chi connectivity index (χ4n) is 3.10. The van der Waals surface area contributed by atoms with Gasteiger partial charge in [-0.05, 0) is 31.5 Å². The minimum atomic E-state index is -3.28. The standard InChI is InChI=1S/C24H27FN6O7/c1-13-29-30-21(37-13)20(34)28-24(2,3)23-27-17(19(33)26-12-14-6-8-15(25)9-7-14)18(22(35)31(23)4)38-16(32)10-11-36-5/h6-9H,10-12H2,1-5H3,(H,26,33)(H,28,34)/i1D3,4D3. The Hall–Kier alpha value is -4.46. The van der Waals surface area contributed by atoms with Crippen LogP contribution < -0.4 is 20.9 Å². The van der Waals surface area contributed by atoms with Crippen LogP contribution in [0.4, 0.5) is 4.39 Å². The number of ether oxygens (including phenoxy) is 2. The number of aromatic nitrogens is 4. The number of methoxy groups -OCH3 is 1. The number of hydrogen-bond acceptors (Lipinski definition) is 10. The maximum absolute atomic E-state index is 13.6. The van der Waals surface area contributed by atoms with Gasteiger partial charge >= 0.3 is 17.8 Å². The van der Waals surface area contributed by atoms with E-state index in [-0.39, 0.29) is 24.1 Å². The first-order valence-corrected chi connectivity index (χ1v) is 10.9. The van der Waals surface area contributed by atoms with Crippen molar-refractivity contribution in [3.63, 3.8) is 0 Å². The third-order valence-electron chi connectivity index (χ3n) is 4.95. The Balaban J connectivity index is 2.12. The van der Waals surface area contributed by atoms with Crippen molar-refractivity contribution in [2.45, 2.75) is 39.2 Å². The molecule has 2 N–H and O–H groups in total. The van der Waals surface area contributed by atoms with Crippen LogP contribution in [0.15, 0.2) is 33.5 Å². The van der Waals surface area contributed by atoms with Crippen molar-refractivity contribution in [1.29, 1.82) is 0 Å². The molecule has 0 aliphatic heterocycles. The fraction of sp³-hybridized carbons (Fsp3) is 0.375. The molecule has 3 aromatic rings. The van der Waals surface area contributed by atoms with Crippen molar-refractivity contribution in [2.24, 2.45) is 6.98 Å². The largest absolute Gasteiger partial charge is 0.418 e. The van der Waals surface area contributed by atoms with Gasteiger partial charge < -0.3 is 24.5 Å². The van der Waals surface area contributed by atoms with E-state index in [4.69, 9.17) is 22.1 Å². The third kappa shape index (κ3) is 6.64. The average molecular weight is 537 g/mol. The van der Waals surface area contributed by atoms with Gasteiger partial charge in [-0.2, -0.15) is 0 Å². The van der Waals surface area contributed by atoms with Crippen molar-refractivity contribution in [2.75, 3.05) is 13.7 Å². The van der Waals surface area contributed by atoms with Crippen molar-refractivity contribution in [1.82, 2.24) is 30.4 Å². The molecular weight excluding hydrogens is 503 g/mol. The van der Waals surface area contributed by atoms with Crippen LogP contribution in [0.5, 0.6) is 5.75 Å². The predicted molar refractivity (Wildman–Crippen MR) is 129 cm³/mol. The SMILES string of the molecule is [2H]C([2H])([2H])c1nnc(C(=O)NC(C)(C)c2nc(C(=O)NCc3ccc(F)cc3)c(OC(=O)CCOC)c(=O)n2C([2H])([2H])[2H])o1. The lowest BCUT2D eigenvalue weighted by molar-refractivity contribution is -0.135. The number of carbonyl (C=O) groups excluding carboxylic acids is 3. The number of hydrogen-bond donors (Lipinski definition) is 2. The van der Waals surface area contributed by atoms with E-state index in [0.717, 1.165) is 12.1 Å². The molecule has 0 radical (unpaired) electrons. The van der Waals surface area contributed by atoms with E-state index in [0.29, 0.717) is 5.56 Å². The molecule has 0 aliphatic rings. The number of carbonyl (C=O) groups is 3. The second-order valence-electron chi connectivity index (χ2n) is 8.27. The Bertz CT molecular complexity index is 1600. The van der Waals surface area contributed by atoms with E-state index < -0.39 is 77.6 Å². The highest BCUT2D eigenvalue weighted by Gasteiger charge is 2.33. The highest BCUT2D eigenvalue weighted by molar-refractivity contribution is 5.95. The molecule has 0 fully saturated rings. The van der Waals surface area contributed by atoms with Crippen molar-refractivity contribution < 1.29 is 40.9 Å². The molecule has 202 valence electrons. The van der Waals surface area contributed by atoms with Crippen LogP contribution in [0.3, 0.4) is 0 Å². The zero-order valence-electron chi connectivity index (χ0n) is 26.5. The topological polar surface area (TPSA) is 168 Å². The summed E-state index contributed by atoms with van der Waals surface area (Å²) >= 11 is 0. The summed E-state index contributed by atoms with van der Waals surface area (Å²) in [5.74, 6) is -7.14. The van der Waals surface area contributed by atoms with Crippen LogP contribution in [0.1, 0.15) is 66.9 Å². The molecule has 2 heterocycles. The van der Waals surface area contributed by atoms with Crippen LogP contribution in [0, 0.1) is 12.7 Å². The highest BCUT2D eigenvalue weighted by Crippen LogP contribution is 2.22. The molecule has 0 saturated carbocycles. The summed E-state index contributed by atoms with van der Waals surface area (Å²) in [6.45, 7) is -3.98. The molecule has 0 atom stereocenters. The zero-order chi connectivity index (χ0) is 33.0. The summed E-state index contributed by atoms with van der Waals surface area (Å²) in [5.41, 5.74) is -3.72. The Morgan fingerprint density at radius 2 is 1.92 bits per heavy atom. The van der Waals surface area contributed by atoms with E-state index >= 15 is 0 Å². The molecule has 13 nitrogen and oxygen atoms in total.